The van der Waals surface area contributed by atoms with Gasteiger partial charge < -0.3 is 5.73 Å². The molecule has 0 saturated heterocycles. The van der Waals surface area contributed by atoms with Crippen LogP contribution in [0.15, 0.2) is 24.4 Å². The van der Waals surface area contributed by atoms with E-state index in [0.29, 0.717) is 5.82 Å². The molecule has 0 bridgehead atoms. The average molecular weight is 202 g/mol. The summed E-state index contributed by atoms with van der Waals surface area (Å²) >= 11 is 0. The Labute approximate surface area is 88.8 Å². The van der Waals surface area contributed by atoms with Crippen molar-refractivity contribution in [3.63, 3.8) is 0 Å². The van der Waals surface area contributed by atoms with Gasteiger partial charge in [0, 0.05) is 18.0 Å². The number of anilines is 1. The van der Waals surface area contributed by atoms with Crippen LogP contribution in [-0.4, -0.2) is 14.8 Å². The van der Waals surface area contributed by atoms with E-state index in [0.717, 1.165) is 17.8 Å². The van der Waals surface area contributed by atoms with E-state index in [1.54, 1.807) is 6.20 Å². The van der Waals surface area contributed by atoms with Crippen molar-refractivity contribution in [2.45, 2.75) is 20.3 Å². The molecule has 2 aromatic rings. The Morgan fingerprint density at radius 3 is 2.87 bits per heavy atom. The van der Waals surface area contributed by atoms with E-state index in [2.05, 4.69) is 23.1 Å². The summed E-state index contributed by atoms with van der Waals surface area (Å²) in [5.74, 6) is 0.516. The number of rotatable bonds is 2. The van der Waals surface area contributed by atoms with Gasteiger partial charge in [-0.05, 0) is 25.5 Å². The Morgan fingerprint density at radius 2 is 2.20 bits per heavy atom. The van der Waals surface area contributed by atoms with E-state index in [4.69, 9.17) is 5.73 Å². The van der Waals surface area contributed by atoms with Gasteiger partial charge >= 0.3 is 0 Å². The molecule has 0 unspecified atom stereocenters. The summed E-state index contributed by atoms with van der Waals surface area (Å²) in [5, 5.41) is 4.43. The Morgan fingerprint density at radius 1 is 1.40 bits per heavy atom. The van der Waals surface area contributed by atoms with Crippen molar-refractivity contribution in [2.24, 2.45) is 0 Å². The van der Waals surface area contributed by atoms with Crippen molar-refractivity contribution >= 4 is 5.82 Å². The summed E-state index contributed by atoms with van der Waals surface area (Å²) in [6.45, 7) is 4.09. The molecule has 2 N–H and O–H groups in total. The molecule has 0 aliphatic heterocycles. The van der Waals surface area contributed by atoms with Gasteiger partial charge in [0.2, 0.25) is 0 Å². The van der Waals surface area contributed by atoms with Crippen molar-refractivity contribution in [1.82, 2.24) is 14.8 Å². The highest BCUT2D eigenvalue weighted by molar-refractivity contribution is 5.42. The van der Waals surface area contributed by atoms with Gasteiger partial charge in [0.15, 0.2) is 0 Å². The van der Waals surface area contributed by atoms with Crippen LogP contribution in [0.2, 0.25) is 0 Å². The highest BCUT2D eigenvalue weighted by Crippen LogP contribution is 2.14. The fraction of sp³-hybridized carbons (Fsp3) is 0.273. The molecule has 2 aromatic heterocycles. The molecule has 0 saturated carbocycles. The van der Waals surface area contributed by atoms with E-state index in [1.807, 2.05) is 23.7 Å². The van der Waals surface area contributed by atoms with Crippen LogP contribution < -0.4 is 5.73 Å². The highest BCUT2D eigenvalue weighted by Gasteiger charge is 2.05. The minimum Gasteiger partial charge on any atom is -0.384 e. The highest BCUT2D eigenvalue weighted by atomic mass is 15.3. The molecule has 0 aromatic carbocycles. The molecule has 2 heterocycles. The second kappa shape index (κ2) is 3.73. The quantitative estimate of drug-likeness (QED) is 0.806. The largest absolute Gasteiger partial charge is 0.384 e. The molecular weight excluding hydrogens is 188 g/mol. The van der Waals surface area contributed by atoms with Crippen LogP contribution in [0.25, 0.3) is 5.69 Å². The summed E-state index contributed by atoms with van der Waals surface area (Å²) in [6.07, 6.45) is 2.64. The van der Waals surface area contributed by atoms with Gasteiger partial charge in [0.25, 0.3) is 0 Å². The second-order valence-electron chi connectivity index (χ2n) is 3.48. The molecule has 78 valence electrons. The first-order valence-corrected chi connectivity index (χ1v) is 4.98. The maximum atomic E-state index is 5.64. The minimum absolute atomic E-state index is 0.516. The molecule has 2 rings (SSSR count). The number of hydrogen-bond donors (Lipinski definition) is 1. The molecule has 0 aliphatic rings. The monoisotopic (exact) mass is 202 g/mol. The van der Waals surface area contributed by atoms with E-state index in [-0.39, 0.29) is 0 Å². The van der Waals surface area contributed by atoms with Crippen LogP contribution in [0, 0.1) is 6.92 Å². The summed E-state index contributed by atoms with van der Waals surface area (Å²) in [7, 11) is 0. The number of pyridine rings is 1. The fourth-order valence-electron chi connectivity index (χ4n) is 1.60. The lowest BCUT2D eigenvalue weighted by atomic mass is 10.3. The molecule has 4 heteroatoms. The van der Waals surface area contributed by atoms with Crippen molar-refractivity contribution < 1.29 is 0 Å². The van der Waals surface area contributed by atoms with Crippen LogP contribution in [0.5, 0.6) is 0 Å². The minimum atomic E-state index is 0.516. The van der Waals surface area contributed by atoms with Crippen LogP contribution in [-0.2, 0) is 6.42 Å². The molecule has 4 nitrogen and oxygen atoms in total. The molecular formula is C11H14N4. The second-order valence-corrected chi connectivity index (χ2v) is 3.48. The Balaban J connectivity index is 2.53. The van der Waals surface area contributed by atoms with E-state index >= 15 is 0 Å². The molecule has 0 fully saturated rings. The number of aryl methyl sites for hydroxylation is 2. The first-order chi connectivity index (χ1) is 7.20. The summed E-state index contributed by atoms with van der Waals surface area (Å²) in [4.78, 5) is 3.96. The van der Waals surface area contributed by atoms with E-state index in [9.17, 15) is 0 Å². The first kappa shape index (κ1) is 9.71. The van der Waals surface area contributed by atoms with Crippen molar-refractivity contribution in [3.05, 3.63) is 35.8 Å². The SMILES string of the molecule is CCc1cc(C)nn1-c1ccnc(N)c1. The third-order valence-electron chi connectivity index (χ3n) is 2.28. The molecule has 15 heavy (non-hydrogen) atoms. The number of hydrogen-bond acceptors (Lipinski definition) is 3. The van der Waals surface area contributed by atoms with Crippen LogP contribution >= 0.6 is 0 Å². The normalized spacial score (nSPS) is 10.5. The van der Waals surface area contributed by atoms with Gasteiger partial charge in [0.1, 0.15) is 5.82 Å². The average Bonchev–Trinajstić information content (AvgIpc) is 2.59. The smallest absolute Gasteiger partial charge is 0.125 e. The van der Waals surface area contributed by atoms with Gasteiger partial charge in [-0.1, -0.05) is 6.92 Å². The van der Waals surface area contributed by atoms with Crippen LogP contribution in [0.1, 0.15) is 18.3 Å². The molecule has 0 amide bonds. The molecule has 0 radical (unpaired) electrons. The van der Waals surface area contributed by atoms with Gasteiger partial charge in [-0.25, -0.2) is 9.67 Å². The first-order valence-electron chi connectivity index (χ1n) is 4.98. The van der Waals surface area contributed by atoms with Crippen LogP contribution in [0.3, 0.4) is 0 Å². The van der Waals surface area contributed by atoms with Gasteiger partial charge in [-0.15, -0.1) is 0 Å². The molecule has 0 atom stereocenters. The maximum absolute atomic E-state index is 5.64. The van der Waals surface area contributed by atoms with Crippen molar-refractivity contribution in [1.29, 1.82) is 0 Å². The number of nitrogen functional groups attached to an aromatic ring is 1. The zero-order valence-electron chi connectivity index (χ0n) is 8.94. The fourth-order valence-corrected chi connectivity index (χ4v) is 1.60. The third-order valence-corrected chi connectivity index (χ3v) is 2.28. The molecule has 0 spiro atoms. The Kier molecular flexibility index (Phi) is 2.41. The standard InChI is InChI=1S/C11H14N4/c1-3-9-6-8(2)14-15(9)10-4-5-13-11(12)7-10/h4-7H,3H2,1-2H3,(H2,12,13). The van der Waals surface area contributed by atoms with Gasteiger partial charge in [0.05, 0.1) is 11.4 Å². The van der Waals surface area contributed by atoms with Gasteiger partial charge in [-0.3, -0.25) is 0 Å². The summed E-state index contributed by atoms with van der Waals surface area (Å²) in [5.41, 5.74) is 8.80. The number of aromatic nitrogens is 3. The van der Waals surface area contributed by atoms with Crippen LogP contribution in [0.4, 0.5) is 5.82 Å². The predicted octanol–water partition coefficient (Wildman–Crippen LogP) is 1.72. The molecule has 0 aliphatic carbocycles. The number of nitrogens with two attached hydrogens (primary N) is 1. The lowest BCUT2D eigenvalue weighted by molar-refractivity contribution is 0.803. The van der Waals surface area contributed by atoms with E-state index in [1.165, 1.54) is 5.69 Å². The van der Waals surface area contributed by atoms with Crippen molar-refractivity contribution in [2.75, 3.05) is 5.73 Å². The van der Waals surface area contributed by atoms with Crippen molar-refractivity contribution in [3.8, 4) is 5.69 Å². The Bertz CT molecular complexity index is 473. The lowest BCUT2D eigenvalue weighted by Gasteiger charge is -2.05. The van der Waals surface area contributed by atoms with Gasteiger partial charge in [-0.2, -0.15) is 5.10 Å². The van der Waals surface area contributed by atoms with E-state index < -0.39 is 0 Å². The summed E-state index contributed by atoms with van der Waals surface area (Å²) < 4.78 is 1.91. The maximum Gasteiger partial charge on any atom is 0.125 e. The zero-order valence-corrected chi connectivity index (χ0v) is 8.94. The lowest BCUT2D eigenvalue weighted by Crippen LogP contribution is -2.02. The predicted molar refractivity (Wildman–Crippen MR) is 59.9 cm³/mol. The third kappa shape index (κ3) is 1.83. The topological polar surface area (TPSA) is 56.7 Å². The number of nitrogens with zero attached hydrogens (tertiary/aromatic N) is 3. The summed E-state index contributed by atoms with van der Waals surface area (Å²) in [6, 6.07) is 5.81. The zero-order chi connectivity index (χ0) is 10.8. The Hall–Kier alpha value is -1.84.